The van der Waals surface area contributed by atoms with E-state index in [1.165, 1.54) is 12.8 Å². The number of fused-ring (bicyclic) bond motifs is 1. The summed E-state index contributed by atoms with van der Waals surface area (Å²) in [6, 6.07) is 0.930. The van der Waals surface area contributed by atoms with Gasteiger partial charge < -0.3 is 9.84 Å². The lowest BCUT2D eigenvalue weighted by atomic mass is 9.79. The van der Waals surface area contributed by atoms with Crippen LogP contribution in [0.1, 0.15) is 91.2 Å². The molecular formula is C29H44N2O4S2. The molecule has 2 saturated heterocycles. The molecule has 0 aromatic carbocycles. The standard InChI is InChI=1S/C29H44N2O4S2/c1-18-7-6-8-22-23(31(22)16-20-9-10-20)14-25(19(2)13-21-17-37-28(30-21)36-5)35-27(34)11-12-29(3,4)26(33)15-24(18)32/h13,17-18,20,22-25,32H,6-12,14-16H2,1-5H3/b19-13+/t18-,22?,23?,24?,25?,31?/m0/s1. The van der Waals surface area contributed by atoms with E-state index >= 15 is 0 Å². The van der Waals surface area contributed by atoms with Crippen LogP contribution in [0.2, 0.25) is 0 Å². The molecule has 1 N–H and O–H groups in total. The SMILES string of the molecule is CSc1nc(/C=C(\C)C2CC3C(CCC[C@H](C)C(O)CC(=O)C(C)(C)CCC(=O)O2)N3CC2CC2)cs1. The minimum atomic E-state index is -0.672. The Morgan fingerprint density at radius 1 is 1.27 bits per heavy atom. The highest BCUT2D eigenvalue weighted by atomic mass is 32.2. The molecule has 6 atom stereocenters. The van der Waals surface area contributed by atoms with Crippen molar-refractivity contribution in [2.24, 2.45) is 17.3 Å². The van der Waals surface area contributed by atoms with Gasteiger partial charge in [-0.3, -0.25) is 14.5 Å². The molecule has 0 amide bonds. The van der Waals surface area contributed by atoms with Crippen molar-refractivity contribution in [2.45, 2.75) is 114 Å². The largest absolute Gasteiger partial charge is 0.458 e. The molecule has 4 rings (SSSR count). The maximum atomic E-state index is 13.1. The number of thiazole rings is 1. The zero-order chi connectivity index (χ0) is 26.7. The van der Waals surface area contributed by atoms with Crippen LogP contribution in [-0.4, -0.2) is 63.8 Å². The molecule has 37 heavy (non-hydrogen) atoms. The molecule has 1 aliphatic carbocycles. The molecule has 1 aromatic heterocycles. The van der Waals surface area contributed by atoms with Gasteiger partial charge in [0.15, 0.2) is 0 Å². The fraction of sp³-hybridized carbons (Fsp3) is 0.759. The number of nitrogens with zero attached hydrogens (tertiary/aromatic N) is 2. The van der Waals surface area contributed by atoms with Crippen LogP contribution >= 0.6 is 23.1 Å². The van der Waals surface area contributed by atoms with Crippen LogP contribution in [-0.2, 0) is 14.3 Å². The molecule has 3 fully saturated rings. The summed E-state index contributed by atoms with van der Waals surface area (Å²) in [6.07, 6.45) is 10.4. The lowest BCUT2D eigenvalue weighted by Gasteiger charge is -2.27. The number of ketones is 1. The summed E-state index contributed by atoms with van der Waals surface area (Å²) in [5.41, 5.74) is 1.27. The van der Waals surface area contributed by atoms with Crippen molar-refractivity contribution in [3.8, 4) is 0 Å². The maximum absolute atomic E-state index is 13.1. The number of aliphatic hydroxyl groups is 1. The number of hydrogen-bond acceptors (Lipinski definition) is 8. The van der Waals surface area contributed by atoms with Crippen molar-refractivity contribution in [3.63, 3.8) is 0 Å². The fourth-order valence-electron chi connectivity index (χ4n) is 5.49. The molecule has 0 spiro atoms. The monoisotopic (exact) mass is 548 g/mol. The number of rotatable bonds is 5. The number of cyclic esters (lactones) is 1. The van der Waals surface area contributed by atoms with E-state index in [0.717, 1.165) is 53.8 Å². The number of hydrogen-bond donors (Lipinski definition) is 1. The average molecular weight is 549 g/mol. The van der Waals surface area contributed by atoms with Gasteiger partial charge in [-0.25, -0.2) is 4.98 Å². The second-order valence-electron chi connectivity index (χ2n) is 12.1. The Morgan fingerprint density at radius 3 is 2.70 bits per heavy atom. The molecule has 3 aliphatic rings. The molecular weight excluding hydrogens is 504 g/mol. The van der Waals surface area contributed by atoms with Crippen LogP contribution in [0.5, 0.6) is 0 Å². The number of carbonyl (C=O) groups excluding carboxylic acids is 2. The van der Waals surface area contributed by atoms with Crippen molar-refractivity contribution in [2.75, 3.05) is 12.8 Å². The van der Waals surface area contributed by atoms with Gasteiger partial charge in [0.25, 0.3) is 0 Å². The number of aliphatic hydroxyl groups excluding tert-OH is 1. The second kappa shape index (κ2) is 12.3. The summed E-state index contributed by atoms with van der Waals surface area (Å²) in [6.45, 7) is 9.00. The number of aromatic nitrogens is 1. The first-order valence-electron chi connectivity index (χ1n) is 13.9. The number of esters is 1. The highest BCUT2D eigenvalue weighted by molar-refractivity contribution is 8.00. The molecule has 6 nitrogen and oxygen atoms in total. The van der Waals surface area contributed by atoms with Crippen LogP contribution in [0, 0.1) is 17.3 Å². The molecule has 3 heterocycles. The van der Waals surface area contributed by atoms with Gasteiger partial charge in [0, 0.05) is 48.7 Å². The van der Waals surface area contributed by atoms with Crippen molar-refractivity contribution < 1.29 is 19.4 Å². The molecule has 8 heteroatoms. The Kier molecular flexibility index (Phi) is 9.58. The molecule has 0 radical (unpaired) electrons. The van der Waals surface area contributed by atoms with E-state index in [1.54, 1.807) is 23.1 Å². The predicted molar refractivity (Wildman–Crippen MR) is 151 cm³/mol. The van der Waals surface area contributed by atoms with E-state index in [1.807, 2.05) is 27.0 Å². The third-order valence-electron chi connectivity index (χ3n) is 8.58. The highest BCUT2D eigenvalue weighted by Gasteiger charge is 2.49. The van der Waals surface area contributed by atoms with Gasteiger partial charge in [-0.05, 0) is 68.8 Å². The number of ether oxygens (including phenoxy) is 1. The van der Waals surface area contributed by atoms with Gasteiger partial charge in [0.05, 0.1) is 11.8 Å². The Hall–Kier alpha value is -1.22. The first-order chi connectivity index (χ1) is 17.6. The Labute approximate surface area is 230 Å². The molecule has 2 aliphatic heterocycles. The van der Waals surface area contributed by atoms with Crippen molar-refractivity contribution in [1.29, 1.82) is 0 Å². The van der Waals surface area contributed by atoms with Crippen LogP contribution in [0.25, 0.3) is 6.08 Å². The number of Topliss-reactive ketones (excluding diaryl/α,β-unsaturated/α-hetero) is 1. The minimum absolute atomic E-state index is 0.0189. The predicted octanol–water partition coefficient (Wildman–Crippen LogP) is 5.98. The molecule has 206 valence electrons. The summed E-state index contributed by atoms with van der Waals surface area (Å²) in [7, 11) is 0. The summed E-state index contributed by atoms with van der Waals surface area (Å²) < 4.78 is 7.15. The van der Waals surface area contributed by atoms with Gasteiger partial charge in [-0.15, -0.1) is 11.3 Å². The normalized spacial score (nSPS) is 34.1. The molecule has 0 bridgehead atoms. The fourth-order valence-corrected chi connectivity index (χ4v) is 6.72. The van der Waals surface area contributed by atoms with E-state index in [2.05, 4.69) is 28.3 Å². The molecule has 1 saturated carbocycles. The third-order valence-corrected chi connectivity index (χ3v) is 10.5. The van der Waals surface area contributed by atoms with Gasteiger partial charge in [0.1, 0.15) is 16.2 Å². The van der Waals surface area contributed by atoms with Gasteiger partial charge in [-0.1, -0.05) is 39.0 Å². The summed E-state index contributed by atoms with van der Waals surface area (Å²) in [5.74, 6) is 0.668. The molecule has 5 unspecified atom stereocenters. The van der Waals surface area contributed by atoms with E-state index in [9.17, 15) is 14.7 Å². The topological polar surface area (TPSA) is 79.5 Å². The second-order valence-corrected chi connectivity index (χ2v) is 14.0. The van der Waals surface area contributed by atoms with Crippen molar-refractivity contribution in [3.05, 3.63) is 16.6 Å². The van der Waals surface area contributed by atoms with E-state index in [4.69, 9.17) is 4.74 Å². The van der Waals surface area contributed by atoms with Gasteiger partial charge >= 0.3 is 5.97 Å². The average Bonchev–Trinajstić information content (AvgIpc) is 3.74. The Morgan fingerprint density at radius 2 is 2.03 bits per heavy atom. The van der Waals surface area contributed by atoms with E-state index < -0.39 is 11.5 Å². The lowest BCUT2D eigenvalue weighted by molar-refractivity contribution is -0.148. The first-order valence-corrected chi connectivity index (χ1v) is 16.0. The Balaban J connectivity index is 1.53. The minimum Gasteiger partial charge on any atom is -0.458 e. The first kappa shape index (κ1) is 28.8. The van der Waals surface area contributed by atoms with Crippen LogP contribution in [0.4, 0.5) is 0 Å². The smallest absolute Gasteiger partial charge is 0.306 e. The summed E-state index contributed by atoms with van der Waals surface area (Å²) in [4.78, 5) is 33.3. The van der Waals surface area contributed by atoms with Crippen LogP contribution in [0.3, 0.4) is 0 Å². The Bertz CT molecular complexity index is 986. The van der Waals surface area contributed by atoms with Gasteiger partial charge in [-0.2, -0.15) is 0 Å². The molecule has 1 aromatic rings. The lowest BCUT2D eigenvalue weighted by Crippen LogP contribution is -2.32. The number of carbonyl (C=O) groups is 2. The zero-order valence-electron chi connectivity index (χ0n) is 23.1. The van der Waals surface area contributed by atoms with Crippen LogP contribution < -0.4 is 0 Å². The van der Waals surface area contributed by atoms with Crippen molar-refractivity contribution >= 4 is 40.9 Å². The maximum Gasteiger partial charge on any atom is 0.306 e. The summed E-state index contributed by atoms with van der Waals surface area (Å²) in [5, 5.41) is 12.7. The highest BCUT2D eigenvalue weighted by Crippen LogP contribution is 2.43. The summed E-state index contributed by atoms with van der Waals surface area (Å²) >= 11 is 3.27. The van der Waals surface area contributed by atoms with E-state index in [0.29, 0.717) is 18.5 Å². The number of thioether (sulfide) groups is 1. The third kappa shape index (κ3) is 7.90. The zero-order valence-corrected chi connectivity index (χ0v) is 24.7. The van der Waals surface area contributed by atoms with Crippen molar-refractivity contribution in [1.82, 2.24) is 9.88 Å². The van der Waals surface area contributed by atoms with E-state index in [-0.39, 0.29) is 36.6 Å². The van der Waals surface area contributed by atoms with Crippen LogP contribution in [0.15, 0.2) is 15.3 Å². The van der Waals surface area contributed by atoms with Gasteiger partial charge in [0.2, 0.25) is 0 Å². The quantitative estimate of drug-likeness (QED) is 0.275.